The van der Waals surface area contributed by atoms with Crippen molar-refractivity contribution in [1.82, 2.24) is 9.55 Å². The standard InChI is InChI=1S/C18H11BrN2O2/c19-14-10-15-16(13-9-5-4-8-12(13)14)21(18(23)17(22)20-15)11-6-2-1-3-7-11/h1-10H,(H,20,22). The van der Waals surface area contributed by atoms with Crippen LogP contribution in [0, 0.1) is 0 Å². The molecule has 4 aromatic rings. The molecule has 0 atom stereocenters. The Morgan fingerprint density at radius 1 is 0.870 bits per heavy atom. The van der Waals surface area contributed by atoms with E-state index >= 15 is 0 Å². The van der Waals surface area contributed by atoms with Crippen LogP contribution < -0.4 is 11.1 Å². The highest BCUT2D eigenvalue weighted by atomic mass is 79.9. The lowest BCUT2D eigenvalue weighted by atomic mass is 10.1. The van der Waals surface area contributed by atoms with Crippen LogP contribution in [0.1, 0.15) is 0 Å². The van der Waals surface area contributed by atoms with Crippen molar-refractivity contribution in [1.29, 1.82) is 0 Å². The molecule has 3 aromatic carbocycles. The Morgan fingerprint density at radius 2 is 1.52 bits per heavy atom. The van der Waals surface area contributed by atoms with Gasteiger partial charge in [0.1, 0.15) is 0 Å². The topological polar surface area (TPSA) is 54.9 Å². The Labute approximate surface area is 139 Å². The molecule has 23 heavy (non-hydrogen) atoms. The van der Waals surface area contributed by atoms with Crippen molar-refractivity contribution in [3.63, 3.8) is 0 Å². The third-order valence-corrected chi connectivity index (χ3v) is 4.51. The van der Waals surface area contributed by atoms with Crippen LogP contribution in [0.3, 0.4) is 0 Å². The summed E-state index contributed by atoms with van der Waals surface area (Å²) in [6.07, 6.45) is 0. The number of aromatic nitrogens is 2. The molecule has 1 aromatic heterocycles. The first kappa shape index (κ1) is 14.0. The van der Waals surface area contributed by atoms with Crippen LogP contribution in [0.15, 0.2) is 74.7 Å². The Balaban J connectivity index is 2.34. The molecule has 1 N–H and O–H groups in total. The number of hydrogen-bond donors (Lipinski definition) is 1. The summed E-state index contributed by atoms with van der Waals surface area (Å²) in [5, 5.41) is 1.88. The second kappa shape index (κ2) is 5.21. The number of aromatic amines is 1. The van der Waals surface area contributed by atoms with Crippen molar-refractivity contribution in [2.45, 2.75) is 0 Å². The highest BCUT2D eigenvalue weighted by molar-refractivity contribution is 9.10. The van der Waals surface area contributed by atoms with E-state index in [1.165, 1.54) is 4.57 Å². The van der Waals surface area contributed by atoms with Crippen molar-refractivity contribution in [3.8, 4) is 5.69 Å². The molecule has 0 fully saturated rings. The maximum Gasteiger partial charge on any atom is 0.321 e. The van der Waals surface area contributed by atoms with Gasteiger partial charge in [0.05, 0.1) is 11.0 Å². The van der Waals surface area contributed by atoms with Gasteiger partial charge in [-0.25, -0.2) is 0 Å². The Kier molecular flexibility index (Phi) is 3.16. The molecule has 112 valence electrons. The van der Waals surface area contributed by atoms with Crippen LogP contribution in [-0.4, -0.2) is 9.55 Å². The number of para-hydroxylation sites is 1. The van der Waals surface area contributed by atoms with Gasteiger partial charge in [0.15, 0.2) is 0 Å². The zero-order valence-corrected chi connectivity index (χ0v) is 13.5. The number of hydrogen-bond acceptors (Lipinski definition) is 2. The van der Waals surface area contributed by atoms with E-state index in [0.29, 0.717) is 16.7 Å². The van der Waals surface area contributed by atoms with Crippen molar-refractivity contribution in [2.24, 2.45) is 0 Å². The molecule has 0 aliphatic heterocycles. The zero-order valence-electron chi connectivity index (χ0n) is 11.9. The lowest BCUT2D eigenvalue weighted by molar-refractivity contribution is 0.991. The highest BCUT2D eigenvalue weighted by Crippen LogP contribution is 2.30. The number of nitrogens with one attached hydrogen (secondary N) is 1. The molecule has 0 amide bonds. The molecule has 0 aliphatic rings. The lowest BCUT2D eigenvalue weighted by Gasteiger charge is -2.13. The van der Waals surface area contributed by atoms with Gasteiger partial charge < -0.3 is 4.98 Å². The van der Waals surface area contributed by atoms with Gasteiger partial charge in [-0.1, -0.05) is 58.4 Å². The lowest BCUT2D eigenvalue weighted by Crippen LogP contribution is -2.35. The molecule has 0 saturated carbocycles. The summed E-state index contributed by atoms with van der Waals surface area (Å²) >= 11 is 3.53. The van der Waals surface area contributed by atoms with Crippen LogP contribution in [-0.2, 0) is 0 Å². The largest absolute Gasteiger partial charge is 0.321 e. The summed E-state index contributed by atoms with van der Waals surface area (Å²) in [4.78, 5) is 27.3. The average molecular weight is 367 g/mol. The molecule has 0 bridgehead atoms. The van der Waals surface area contributed by atoms with E-state index in [1.54, 1.807) is 0 Å². The molecule has 4 rings (SSSR count). The van der Waals surface area contributed by atoms with Gasteiger partial charge in [-0.15, -0.1) is 0 Å². The normalized spacial score (nSPS) is 11.2. The van der Waals surface area contributed by atoms with Crippen LogP contribution in [0.4, 0.5) is 0 Å². The molecule has 0 aliphatic carbocycles. The number of H-pyrrole nitrogens is 1. The van der Waals surface area contributed by atoms with Crippen LogP contribution in [0.25, 0.3) is 27.5 Å². The first-order chi connectivity index (χ1) is 11.2. The summed E-state index contributed by atoms with van der Waals surface area (Å²) in [6.45, 7) is 0. The van der Waals surface area contributed by atoms with E-state index in [9.17, 15) is 9.59 Å². The Hall–Kier alpha value is -2.66. The SMILES string of the molecule is O=c1[nH]c2cc(Br)c3ccccc3c2n(-c2ccccc2)c1=O. The van der Waals surface area contributed by atoms with E-state index in [1.807, 2.05) is 60.7 Å². The van der Waals surface area contributed by atoms with E-state index in [4.69, 9.17) is 0 Å². The van der Waals surface area contributed by atoms with Gasteiger partial charge in [0.2, 0.25) is 0 Å². The molecule has 5 heteroatoms. The maximum absolute atomic E-state index is 12.5. The van der Waals surface area contributed by atoms with Gasteiger partial charge in [-0.3, -0.25) is 14.2 Å². The summed E-state index contributed by atoms with van der Waals surface area (Å²) in [5.74, 6) is 0. The molecule has 1 heterocycles. The Morgan fingerprint density at radius 3 is 2.26 bits per heavy atom. The quantitative estimate of drug-likeness (QED) is 0.413. The second-order valence-corrected chi connectivity index (χ2v) is 6.08. The van der Waals surface area contributed by atoms with Crippen LogP contribution in [0.2, 0.25) is 0 Å². The second-order valence-electron chi connectivity index (χ2n) is 5.23. The summed E-state index contributed by atoms with van der Waals surface area (Å²) in [5.41, 5.74) is 0.754. The highest BCUT2D eigenvalue weighted by Gasteiger charge is 2.14. The molecule has 4 nitrogen and oxygen atoms in total. The zero-order chi connectivity index (χ0) is 16.0. The van der Waals surface area contributed by atoms with E-state index in [-0.39, 0.29) is 0 Å². The minimum atomic E-state index is -0.636. The van der Waals surface area contributed by atoms with E-state index in [2.05, 4.69) is 20.9 Å². The minimum Gasteiger partial charge on any atom is -0.316 e. The van der Waals surface area contributed by atoms with Gasteiger partial charge >= 0.3 is 11.1 Å². The first-order valence-electron chi connectivity index (χ1n) is 7.08. The molecular formula is C18H11BrN2O2. The third kappa shape index (κ3) is 2.12. The first-order valence-corrected chi connectivity index (χ1v) is 7.88. The molecule has 0 unspecified atom stereocenters. The number of halogens is 1. The fourth-order valence-corrected chi connectivity index (χ4v) is 3.43. The smallest absolute Gasteiger partial charge is 0.316 e. The van der Waals surface area contributed by atoms with Crippen LogP contribution >= 0.6 is 15.9 Å². The number of fused-ring (bicyclic) bond motifs is 3. The molecule has 0 spiro atoms. The van der Waals surface area contributed by atoms with Crippen molar-refractivity contribution >= 4 is 37.7 Å². The fraction of sp³-hybridized carbons (Fsp3) is 0. The Bertz CT molecular complexity index is 1160. The molecular weight excluding hydrogens is 356 g/mol. The molecule has 0 radical (unpaired) electrons. The van der Waals surface area contributed by atoms with Gasteiger partial charge in [-0.2, -0.15) is 0 Å². The fourth-order valence-electron chi connectivity index (χ4n) is 2.85. The van der Waals surface area contributed by atoms with Gasteiger partial charge in [0, 0.05) is 15.5 Å². The van der Waals surface area contributed by atoms with E-state index in [0.717, 1.165) is 15.2 Å². The molecule has 0 saturated heterocycles. The number of rotatable bonds is 1. The van der Waals surface area contributed by atoms with Crippen molar-refractivity contribution in [3.05, 3.63) is 85.8 Å². The summed E-state index contributed by atoms with van der Waals surface area (Å²) < 4.78 is 2.35. The predicted molar refractivity (Wildman–Crippen MR) is 95.4 cm³/mol. The van der Waals surface area contributed by atoms with E-state index < -0.39 is 11.1 Å². The van der Waals surface area contributed by atoms with Gasteiger partial charge in [0.25, 0.3) is 0 Å². The number of nitrogens with zero attached hydrogens (tertiary/aromatic N) is 1. The number of benzene rings is 3. The minimum absolute atomic E-state index is 0.587. The maximum atomic E-state index is 12.5. The van der Waals surface area contributed by atoms with Gasteiger partial charge in [-0.05, 0) is 23.6 Å². The van der Waals surface area contributed by atoms with Crippen LogP contribution in [0.5, 0.6) is 0 Å². The summed E-state index contributed by atoms with van der Waals surface area (Å²) in [6, 6.07) is 18.8. The van der Waals surface area contributed by atoms with Crippen molar-refractivity contribution < 1.29 is 0 Å². The van der Waals surface area contributed by atoms with Crippen molar-refractivity contribution in [2.75, 3.05) is 0 Å². The monoisotopic (exact) mass is 366 g/mol. The summed E-state index contributed by atoms with van der Waals surface area (Å²) in [7, 11) is 0. The average Bonchev–Trinajstić information content (AvgIpc) is 2.58. The predicted octanol–water partition coefficient (Wildman–Crippen LogP) is 3.59. The third-order valence-electron chi connectivity index (χ3n) is 3.85.